The molecule has 0 aliphatic carbocycles. The van der Waals surface area contributed by atoms with E-state index in [1.165, 1.54) is 6.07 Å². The van der Waals surface area contributed by atoms with Gasteiger partial charge in [-0.3, -0.25) is 9.69 Å². The Morgan fingerprint density at radius 2 is 1.61 bits per heavy atom. The van der Waals surface area contributed by atoms with Crippen LogP contribution in [0.1, 0.15) is 40.9 Å². The molecule has 1 aliphatic heterocycles. The molecule has 166 valence electrons. The van der Waals surface area contributed by atoms with Gasteiger partial charge in [0.1, 0.15) is 0 Å². The molecule has 1 heterocycles. The number of benzene rings is 2. The van der Waals surface area contributed by atoms with Crippen LogP contribution < -0.4 is 0 Å². The smallest absolute Gasteiger partial charge is 0.416 e. The molecule has 2 atom stereocenters. The molecule has 0 saturated carbocycles. The van der Waals surface area contributed by atoms with E-state index in [4.69, 9.17) is 5.11 Å². The number of hydrogen-bond donors (Lipinski definition) is 1. The van der Waals surface area contributed by atoms with Crippen LogP contribution in [-0.2, 0) is 23.9 Å². The highest BCUT2D eigenvalue weighted by Gasteiger charge is 2.34. The van der Waals surface area contributed by atoms with Gasteiger partial charge >= 0.3 is 12.1 Å². The zero-order chi connectivity index (χ0) is 22.8. The van der Waals surface area contributed by atoms with Crippen molar-refractivity contribution in [2.45, 2.75) is 45.1 Å². The topological polar surface area (TPSA) is 60.9 Å². The van der Waals surface area contributed by atoms with E-state index in [0.29, 0.717) is 25.2 Å². The van der Waals surface area contributed by atoms with E-state index in [1.54, 1.807) is 35.2 Å². The first kappa shape index (κ1) is 22.8. The fourth-order valence-corrected chi connectivity index (χ4v) is 4.19. The molecule has 0 spiro atoms. The Morgan fingerprint density at radius 3 is 2.16 bits per heavy atom. The van der Waals surface area contributed by atoms with E-state index >= 15 is 0 Å². The third-order valence-electron chi connectivity index (χ3n) is 5.50. The third kappa shape index (κ3) is 5.64. The molecule has 0 unspecified atom stereocenters. The lowest BCUT2D eigenvalue weighted by Crippen LogP contribution is -2.58. The number of carboxylic acids is 1. The molecular formula is C23H25F3N2O3. The monoisotopic (exact) mass is 434 g/mol. The number of carboxylic acid groups (broad SMARTS) is 1. The summed E-state index contributed by atoms with van der Waals surface area (Å²) < 4.78 is 38.8. The zero-order valence-corrected chi connectivity index (χ0v) is 17.4. The van der Waals surface area contributed by atoms with Crippen molar-refractivity contribution in [3.63, 3.8) is 0 Å². The van der Waals surface area contributed by atoms with Crippen LogP contribution in [0.5, 0.6) is 0 Å². The number of hydrogen-bond acceptors (Lipinski definition) is 3. The van der Waals surface area contributed by atoms with Crippen molar-refractivity contribution < 1.29 is 27.9 Å². The van der Waals surface area contributed by atoms with E-state index in [1.807, 2.05) is 13.8 Å². The number of halogens is 3. The molecule has 1 amide bonds. The maximum Gasteiger partial charge on any atom is 0.416 e. The second-order valence-electron chi connectivity index (χ2n) is 8.07. The molecule has 2 aromatic rings. The highest BCUT2D eigenvalue weighted by atomic mass is 19.4. The number of alkyl halides is 3. The molecule has 0 radical (unpaired) electrons. The SMILES string of the molecule is C[C@@H]1CN(Cc2ccc(C(=O)O)cc2)C[C@H](C)N1C(=O)Cc1cccc(C(F)(F)F)c1. The maximum absolute atomic E-state index is 12.9. The summed E-state index contributed by atoms with van der Waals surface area (Å²) >= 11 is 0. The summed E-state index contributed by atoms with van der Waals surface area (Å²) in [5.74, 6) is -1.16. The zero-order valence-electron chi connectivity index (χ0n) is 17.4. The standard InChI is InChI=1S/C23H25F3N2O3/c1-15-12-27(14-17-6-8-19(9-7-17)22(30)31)13-16(2)28(15)21(29)11-18-4-3-5-20(10-18)23(24,25)26/h3-10,15-16H,11-14H2,1-2H3,(H,30,31)/t15-,16+. The van der Waals surface area contributed by atoms with E-state index in [9.17, 15) is 22.8 Å². The summed E-state index contributed by atoms with van der Waals surface area (Å²) in [6.45, 7) is 5.74. The van der Waals surface area contributed by atoms with Crippen LogP contribution in [0, 0.1) is 0 Å². The van der Waals surface area contributed by atoms with Crippen molar-refractivity contribution in [2.75, 3.05) is 13.1 Å². The number of carbonyl (C=O) groups excluding carboxylic acids is 1. The van der Waals surface area contributed by atoms with Crippen molar-refractivity contribution in [2.24, 2.45) is 0 Å². The molecule has 1 aliphatic rings. The number of carbonyl (C=O) groups is 2. The summed E-state index contributed by atoms with van der Waals surface area (Å²) in [5.41, 5.74) is 0.807. The van der Waals surface area contributed by atoms with Gasteiger partial charge in [0, 0.05) is 31.7 Å². The van der Waals surface area contributed by atoms with Crippen LogP contribution >= 0.6 is 0 Å². The van der Waals surface area contributed by atoms with Crippen LogP contribution in [0.15, 0.2) is 48.5 Å². The molecule has 31 heavy (non-hydrogen) atoms. The molecule has 2 aromatic carbocycles. The Kier molecular flexibility index (Phi) is 6.69. The van der Waals surface area contributed by atoms with Gasteiger partial charge in [-0.2, -0.15) is 13.2 Å². The summed E-state index contributed by atoms with van der Waals surface area (Å²) in [7, 11) is 0. The molecular weight excluding hydrogens is 409 g/mol. The lowest BCUT2D eigenvalue weighted by molar-refractivity contribution is -0.139. The highest BCUT2D eigenvalue weighted by molar-refractivity contribution is 5.87. The fraction of sp³-hybridized carbons (Fsp3) is 0.391. The van der Waals surface area contributed by atoms with Crippen molar-refractivity contribution in [1.82, 2.24) is 9.80 Å². The largest absolute Gasteiger partial charge is 0.478 e. The second-order valence-corrected chi connectivity index (χ2v) is 8.07. The Balaban J connectivity index is 1.63. The minimum atomic E-state index is -4.44. The summed E-state index contributed by atoms with van der Waals surface area (Å²) in [6.07, 6.45) is -4.51. The van der Waals surface area contributed by atoms with Gasteiger partial charge in [0.25, 0.3) is 0 Å². The minimum absolute atomic E-state index is 0.0742. The minimum Gasteiger partial charge on any atom is -0.478 e. The Bertz CT molecular complexity index is 932. The second kappa shape index (κ2) is 9.09. The predicted molar refractivity (Wildman–Crippen MR) is 110 cm³/mol. The maximum atomic E-state index is 12.9. The van der Waals surface area contributed by atoms with E-state index < -0.39 is 17.7 Å². The van der Waals surface area contributed by atoms with Crippen LogP contribution in [0.2, 0.25) is 0 Å². The fourth-order valence-electron chi connectivity index (χ4n) is 4.19. The molecule has 1 saturated heterocycles. The van der Waals surface area contributed by atoms with Crippen LogP contribution in [0.4, 0.5) is 13.2 Å². The molecule has 5 nitrogen and oxygen atoms in total. The molecule has 8 heteroatoms. The third-order valence-corrected chi connectivity index (χ3v) is 5.50. The molecule has 1 fully saturated rings. The summed E-state index contributed by atoms with van der Waals surface area (Å²) in [6, 6.07) is 11.4. The quantitative estimate of drug-likeness (QED) is 0.771. The van der Waals surface area contributed by atoms with Gasteiger partial charge in [-0.05, 0) is 43.2 Å². The van der Waals surface area contributed by atoms with Gasteiger partial charge < -0.3 is 10.0 Å². The predicted octanol–water partition coefficient (Wildman–Crippen LogP) is 4.07. The van der Waals surface area contributed by atoms with Crippen LogP contribution in [0.25, 0.3) is 0 Å². The number of rotatable bonds is 5. The first-order valence-corrected chi connectivity index (χ1v) is 10.1. The van der Waals surface area contributed by atoms with Crippen molar-refractivity contribution in [3.8, 4) is 0 Å². The van der Waals surface area contributed by atoms with Gasteiger partial charge in [-0.1, -0.05) is 30.3 Å². The number of nitrogens with zero attached hydrogens (tertiary/aromatic N) is 2. The number of piperazine rings is 1. The Labute approximate surface area is 179 Å². The van der Waals surface area contributed by atoms with Gasteiger partial charge in [-0.25, -0.2) is 4.79 Å². The lowest BCUT2D eigenvalue weighted by Gasteiger charge is -2.44. The van der Waals surface area contributed by atoms with Gasteiger partial charge in [0.05, 0.1) is 17.5 Å². The van der Waals surface area contributed by atoms with Gasteiger partial charge in [-0.15, -0.1) is 0 Å². The highest BCUT2D eigenvalue weighted by Crippen LogP contribution is 2.30. The normalized spacial score (nSPS) is 20.0. The van der Waals surface area contributed by atoms with E-state index in [-0.39, 0.29) is 30.0 Å². The lowest BCUT2D eigenvalue weighted by atomic mass is 10.0. The summed E-state index contributed by atoms with van der Waals surface area (Å²) in [4.78, 5) is 27.8. The molecule has 1 N–H and O–H groups in total. The first-order valence-electron chi connectivity index (χ1n) is 10.1. The Morgan fingerprint density at radius 1 is 1.00 bits per heavy atom. The molecule has 0 aromatic heterocycles. The number of aromatic carboxylic acids is 1. The average molecular weight is 434 g/mol. The Hall–Kier alpha value is -2.87. The average Bonchev–Trinajstić information content (AvgIpc) is 2.67. The van der Waals surface area contributed by atoms with Gasteiger partial charge in [0.15, 0.2) is 0 Å². The van der Waals surface area contributed by atoms with Gasteiger partial charge in [0.2, 0.25) is 5.91 Å². The number of amides is 1. The van der Waals surface area contributed by atoms with E-state index in [0.717, 1.165) is 17.7 Å². The van der Waals surface area contributed by atoms with Crippen molar-refractivity contribution in [3.05, 3.63) is 70.8 Å². The van der Waals surface area contributed by atoms with Crippen LogP contribution in [-0.4, -0.2) is 52.0 Å². The van der Waals surface area contributed by atoms with E-state index in [2.05, 4.69) is 4.90 Å². The van der Waals surface area contributed by atoms with Crippen molar-refractivity contribution in [1.29, 1.82) is 0 Å². The van der Waals surface area contributed by atoms with Crippen molar-refractivity contribution >= 4 is 11.9 Å². The molecule has 0 bridgehead atoms. The first-order chi connectivity index (χ1) is 14.5. The van der Waals surface area contributed by atoms with Crippen LogP contribution in [0.3, 0.4) is 0 Å². The summed E-state index contributed by atoms with van der Waals surface area (Å²) in [5, 5.41) is 9.00. The molecule has 3 rings (SSSR count).